The van der Waals surface area contributed by atoms with E-state index in [-0.39, 0.29) is 11.9 Å². The number of benzene rings is 2. The summed E-state index contributed by atoms with van der Waals surface area (Å²) in [5.41, 5.74) is 4.12. The third-order valence-corrected chi connectivity index (χ3v) is 5.81. The average Bonchev–Trinajstić information content (AvgIpc) is 3.21. The van der Waals surface area contributed by atoms with E-state index in [2.05, 4.69) is 60.6 Å². The van der Waals surface area contributed by atoms with Crippen molar-refractivity contribution >= 4 is 29.1 Å². The van der Waals surface area contributed by atoms with Crippen molar-refractivity contribution in [2.24, 2.45) is 0 Å². The van der Waals surface area contributed by atoms with E-state index in [1.807, 2.05) is 0 Å². The summed E-state index contributed by atoms with van der Waals surface area (Å²) in [5, 5.41) is 11.2. The first-order chi connectivity index (χ1) is 13.9. The average molecular weight is 430 g/mol. The fourth-order valence-electron chi connectivity index (χ4n) is 3.22. The Morgan fingerprint density at radius 1 is 1.03 bits per heavy atom. The zero-order chi connectivity index (χ0) is 21.0. The van der Waals surface area contributed by atoms with Crippen LogP contribution in [0.3, 0.4) is 0 Å². The lowest BCUT2D eigenvalue weighted by atomic mass is 9.95. The molecule has 3 rings (SSSR count). The molecule has 0 fully saturated rings. The van der Waals surface area contributed by atoms with Gasteiger partial charge in [-0.15, -0.1) is 0 Å². The summed E-state index contributed by atoms with van der Waals surface area (Å²) >= 11 is 12.2. The Morgan fingerprint density at radius 3 is 2.34 bits per heavy atom. The lowest BCUT2D eigenvalue weighted by molar-refractivity contribution is 0.0930. The number of hydrogen-bond donors (Lipinski definition) is 2. The Labute approximate surface area is 181 Å². The van der Waals surface area contributed by atoms with Gasteiger partial charge in [-0.2, -0.15) is 5.10 Å². The van der Waals surface area contributed by atoms with Gasteiger partial charge in [0.15, 0.2) is 0 Å². The van der Waals surface area contributed by atoms with E-state index in [4.69, 9.17) is 23.2 Å². The largest absolute Gasteiger partial charge is 0.344 e. The molecule has 2 atom stereocenters. The number of carbonyl (C=O) groups excluding carboxylic acids is 1. The Hall–Kier alpha value is -2.30. The molecule has 0 aliphatic carbocycles. The van der Waals surface area contributed by atoms with Crippen LogP contribution in [0.4, 0.5) is 0 Å². The van der Waals surface area contributed by atoms with Crippen LogP contribution in [-0.4, -0.2) is 16.1 Å². The van der Waals surface area contributed by atoms with Gasteiger partial charge in [0, 0.05) is 10.6 Å². The molecule has 2 aromatic carbocycles. The molecule has 4 nitrogen and oxygen atoms in total. The lowest BCUT2D eigenvalue weighted by Crippen LogP contribution is -2.28. The first kappa shape index (κ1) is 21.4. The minimum absolute atomic E-state index is 0.0700. The van der Waals surface area contributed by atoms with E-state index in [1.54, 1.807) is 24.3 Å². The van der Waals surface area contributed by atoms with Gasteiger partial charge in [0.1, 0.15) is 5.69 Å². The summed E-state index contributed by atoms with van der Waals surface area (Å²) in [7, 11) is 0. The molecule has 0 saturated carbocycles. The van der Waals surface area contributed by atoms with Crippen molar-refractivity contribution in [3.63, 3.8) is 0 Å². The summed E-state index contributed by atoms with van der Waals surface area (Å²) in [4.78, 5) is 12.8. The van der Waals surface area contributed by atoms with Gasteiger partial charge >= 0.3 is 0 Å². The SMILES string of the molecule is CCC(C)c1ccc(C(CC)NC(=O)c2cc(-c3ccc(Cl)cc3Cl)n[nH]2)cc1. The van der Waals surface area contributed by atoms with E-state index in [1.165, 1.54) is 5.56 Å². The van der Waals surface area contributed by atoms with E-state index in [0.29, 0.717) is 27.4 Å². The highest BCUT2D eigenvalue weighted by Crippen LogP contribution is 2.29. The molecule has 2 N–H and O–H groups in total. The summed E-state index contributed by atoms with van der Waals surface area (Å²) in [6.07, 6.45) is 1.89. The van der Waals surface area contributed by atoms with Crippen LogP contribution < -0.4 is 5.32 Å². The van der Waals surface area contributed by atoms with Crippen molar-refractivity contribution < 1.29 is 4.79 Å². The van der Waals surface area contributed by atoms with Crippen LogP contribution in [0, 0.1) is 0 Å². The molecular formula is C23H25Cl2N3O. The van der Waals surface area contributed by atoms with Crippen LogP contribution in [0.5, 0.6) is 0 Å². The van der Waals surface area contributed by atoms with Crippen LogP contribution >= 0.6 is 23.2 Å². The summed E-state index contributed by atoms with van der Waals surface area (Å²) in [6.45, 7) is 6.46. The molecule has 3 aromatic rings. The molecule has 29 heavy (non-hydrogen) atoms. The van der Waals surface area contributed by atoms with Crippen molar-refractivity contribution in [3.05, 3.63) is 75.4 Å². The normalized spacial score (nSPS) is 13.1. The Bertz CT molecular complexity index is 982. The molecule has 1 heterocycles. The van der Waals surface area contributed by atoms with Crippen LogP contribution in [-0.2, 0) is 0 Å². The van der Waals surface area contributed by atoms with Gasteiger partial charge in [-0.1, -0.05) is 68.2 Å². The van der Waals surface area contributed by atoms with Crippen LogP contribution in [0.15, 0.2) is 48.5 Å². The van der Waals surface area contributed by atoms with E-state index in [0.717, 1.165) is 24.0 Å². The standard InChI is InChI=1S/C23H25Cl2N3O/c1-4-14(3)15-6-8-16(9-7-15)20(5-2)26-23(29)22-13-21(27-28-22)18-11-10-17(24)12-19(18)25/h6-14,20H,4-5H2,1-3H3,(H,26,29)(H,27,28). The maximum atomic E-state index is 12.8. The highest BCUT2D eigenvalue weighted by atomic mass is 35.5. The van der Waals surface area contributed by atoms with Gasteiger partial charge in [-0.25, -0.2) is 0 Å². The summed E-state index contributed by atoms with van der Waals surface area (Å²) < 4.78 is 0. The minimum Gasteiger partial charge on any atom is -0.344 e. The molecule has 0 saturated heterocycles. The van der Waals surface area contributed by atoms with Crippen molar-refractivity contribution in [1.82, 2.24) is 15.5 Å². The van der Waals surface area contributed by atoms with Crippen LogP contribution in [0.1, 0.15) is 67.2 Å². The van der Waals surface area contributed by atoms with Crippen LogP contribution in [0.2, 0.25) is 10.0 Å². The predicted molar refractivity (Wildman–Crippen MR) is 120 cm³/mol. The molecule has 6 heteroatoms. The molecule has 0 radical (unpaired) electrons. The van der Waals surface area contributed by atoms with Gasteiger partial charge in [-0.05, 0) is 54.2 Å². The van der Waals surface area contributed by atoms with Crippen molar-refractivity contribution in [1.29, 1.82) is 0 Å². The quantitative estimate of drug-likeness (QED) is 0.434. The molecule has 0 bridgehead atoms. The van der Waals surface area contributed by atoms with E-state index in [9.17, 15) is 4.79 Å². The third-order valence-electron chi connectivity index (χ3n) is 5.26. The third kappa shape index (κ3) is 5.01. The van der Waals surface area contributed by atoms with Gasteiger partial charge in [0.05, 0.1) is 16.8 Å². The second kappa shape index (κ2) is 9.47. The predicted octanol–water partition coefficient (Wildman–Crippen LogP) is 6.78. The molecule has 0 spiro atoms. The van der Waals surface area contributed by atoms with Crippen molar-refractivity contribution in [3.8, 4) is 11.3 Å². The molecule has 1 aromatic heterocycles. The highest BCUT2D eigenvalue weighted by molar-refractivity contribution is 6.36. The number of rotatable bonds is 7. The fourth-order valence-corrected chi connectivity index (χ4v) is 3.73. The van der Waals surface area contributed by atoms with Crippen molar-refractivity contribution in [2.45, 2.75) is 45.6 Å². The van der Waals surface area contributed by atoms with Gasteiger partial charge < -0.3 is 5.32 Å². The molecule has 2 unspecified atom stereocenters. The maximum Gasteiger partial charge on any atom is 0.269 e. The Morgan fingerprint density at radius 2 is 1.72 bits per heavy atom. The minimum atomic E-state index is -0.202. The number of nitrogens with one attached hydrogen (secondary N) is 2. The number of carbonyl (C=O) groups is 1. The van der Waals surface area contributed by atoms with Crippen molar-refractivity contribution in [2.75, 3.05) is 0 Å². The van der Waals surface area contributed by atoms with Gasteiger partial charge in [-0.3, -0.25) is 9.89 Å². The number of nitrogens with zero attached hydrogens (tertiary/aromatic N) is 1. The second-order valence-corrected chi connectivity index (χ2v) is 8.04. The van der Waals surface area contributed by atoms with E-state index < -0.39 is 0 Å². The zero-order valence-electron chi connectivity index (χ0n) is 16.8. The maximum absolute atomic E-state index is 12.8. The Balaban J connectivity index is 1.74. The summed E-state index contributed by atoms with van der Waals surface area (Å²) in [5.74, 6) is 0.327. The first-order valence-corrected chi connectivity index (χ1v) is 10.6. The topological polar surface area (TPSA) is 57.8 Å². The van der Waals surface area contributed by atoms with Gasteiger partial charge in [0.25, 0.3) is 5.91 Å². The number of amides is 1. The summed E-state index contributed by atoms with van der Waals surface area (Å²) in [6, 6.07) is 15.3. The number of aromatic nitrogens is 2. The lowest BCUT2D eigenvalue weighted by Gasteiger charge is -2.18. The molecular weight excluding hydrogens is 405 g/mol. The highest BCUT2D eigenvalue weighted by Gasteiger charge is 2.18. The number of hydrogen-bond acceptors (Lipinski definition) is 2. The number of halogens is 2. The molecule has 1 amide bonds. The van der Waals surface area contributed by atoms with Gasteiger partial charge in [0.2, 0.25) is 0 Å². The fraction of sp³-hybridized carbons (Fsp3) is 0.304. The number of aromatic amines is 1. The smallest absolute Gasteiger partial charge is 0.269 e. The Kier molecular flexibility index (Phi) is 6.99. The molecule has 0 aliphatic heterocycles. The first-order valence-electron chi connectivity index (χ1n) is 9.84. The molecule has 0 aliphatic rings. The number of H-pyrrole nitrogens is 1. The second-order valence-electron chi connectivity index (χ2n) is 7.20. The van der Waals surface area contributed by atoms with Crippen LogP contribution in [0.25, 0.3) is 11.3 Å². The molecule has 152 valence electrons. The van der Waals surface area contributed by atoms with E-state index >= 15 is 0 Å². The monoisotopic (exact) mass is 429 g/mol. The zero-order valence-corrected chi connectivity index (χ0v) is 18.3.